The molecule has 0 bridgehead atoms. The van der Waals surface area contributed by atoms with Crippen LogP contribution in [0.4, 0.5) is 0 Å². The third kappa shape index (κ3) is 3.68. The lowest BCUT2D eigenvalue weighted by molar-refractivity contribution is 0.0930. The van der Waals surface area contributed by atoms with E-state index < -0.39 is 0 Å². The van der Waals surface area contributed by atoms with E-state index in [0.29, 0.717) is 5.02 Å². The molecular formula is C14H13Cl2N3O. The summed E-state index contributed by atoms with van der Waals surface area (Å²) >= 11 is 11.7. The third-order valence-electron chi connectivity index (χ3n) is 2.80. The number of hydrogen-bond acceptors (Lipinski definition) is 3. The van der Waals surface area contributed by atoms with Crippen LogP contribution >= 0.6 is 23.2 Å². The summed E-state index contributed by atoms with van der Waals surface area (Å²) < 4.78 is 0. The molecule has 0 aliphatic heterocycles. The van der Waals surface area contributed by atoms with Crippen molar-refractivity contribution in [3.8, 4) is 0 Å². The van der Waals surface area contributed by atoms with Crippen LogP contribution in [0.5, 0.6) is 0 Å². The van der Waals surface area contributed by atoms with Crippen LogP contribution < -0.4 is 5.32 Å². The molecule has 0 saturated carbocycles. The van der Waals surface area contributed by atoms with Gasteiger partial charge in [0.2, 0.25) is 0 Å². The molecule has 0 fully saturated rings. The molecule has 1 atom stereocenters. The maximum Gasteiger partial charge on any atom is 0.272 e. The molecule has 1 unspecified atom stereocenters. The summed E-state index contributed by atoms with van der Waals surface area (Å²) in [5.74, 6) is -0.313. The summed E-state index contributed by atoms with van der Waals surface area (Å²) in [5, 5.41) is 3.72. The second kappa shape index (κ2) is 6.68. The predicted molar refractivity (Wildman–Crippen MR) is 79.0 cm³/mol. The average Bonchev–Trinajstić information content (AvgIpc) is 2.44. The Morgan fingerprint density at radius 1 is 1.35 bits per heavy atom. The van der Waals surface area contributed by atoms with Gasteiger partial charge in [-0.2, -0.15) is 0 Å². The van der Waals surface area contributed by atoms with Gasteiger partial charge in [-0.05, 0) is 24.1 Å². The van der Waals surface area contributed by atoms with Gasteiger partial charge in [-0.15, -0.1) is 0 Å². The summed E-state index contributed by atoms with van der Waals surface area (Å²) in [6.07, 6.45) is 3.50. The Kier molecular flexibility index (Phi) is 4.93. The number of halogens is 2. The van der Waals surface area contributed by atoms with Gasteiger partial charge in [0.25, 0.3) is 5.91 Å². The number of carbonyl (C=O) groups excluding carboxylic acids is 1. The molecule has 20 heavy (non-hydrogen) atoms. The van der Waals surface area contributed by atoms with E-state index in [2.05, 4.69) is 15.3 Å². The topological polar surface area (TPSA) is 54.9 Å². The lowest BCUT2D eigenvalue weighted by atomic mass is 10.0. The summed E-state index contributed by atoms with van der Waals surface area (Å²) in [4.78, 5) is 19.9. The molecule has 0 spiro atoms. The van der Waals surface area contributed by atoms with Crippen molar-refractivity contribution in [2.45, 2.75) is 19.4 Å². The molecule has 0 saturated heterocycles. The first kappa shape index (κ1) is 14.8. The molecule has 104 valence electrons. The monoisotopic (exact) mass is 309 g/mol. The molecule has 1 heterocycles. The average molecular weight is 310 g/mol. The summed E-state index contributed by atoms with van der Waals surface area (Å²) in [5.41, 5.74) is 1.14. The van der Waals surface area contributed by atoms with Gasteiger partial charge in [-0.25, -0.2) is 4.98 Å². The van der Waals surface area contributed by atoms with Crippen LogP contribution in [0.2, 0.25) is 10.2 Å². The second-order valence-electron chi connectivity index (χ2n) is 4.22. The zero-order valence-electron chi connectivity index (χ0n) is 10.8. The van der Waals surface area contributed by atoms with Crippen LogP contribution in [-0.2, 0) is 0 Å². The first-order chi connectivity index (χ1) is 9.60. The lowest BCUT2D eigenvalue weighted by Crippen LogP contribution is -2.29. The molecule has 1 amide bonds. The molecule has 6 heteroatoms. The lowest BCUT2D eigenvalue weighted by Gasteiger charge is -2.17. The number of benzene rings is 1. The van der Waals surface area contributed by atoms with Crippen molar-refractivity contribution in [1.82, 2.24) is 15.3 Å². The quantitative estimate of drug-likeness (QED) is 0.937. The normalized spacial score (nSPS) is 11.9. The summed E-state index contributed by atoms with van der Waals surface area (Å²) in [6, 6.07) is 7.26. The van der Waals surface area contributed by atoms with Crippen molar-refractivity contribution in [2.24, 2.45) is 0 Å². The fraction of sp³-hybridized carbons (Fsp3) is 0.214. The summed E-state index contributed by atoms with van der Waals surface area (Å²) in [7, 11) is 0. The first-order valence-corrected chi connectivity index (χ1v) is 6.89. The van der Waals surface area contributed by atoms with Gasteiger partial charge < -0.3 is 5.32 Å². The predicted octanol–water partition coefficient (Wildman–Crippen LogP) is 3.66. The third-order valence-corrected chi connectivity index (χ3v) is 3.22. The minimum absolute atomic E-state index is 0.137. The first-order valence-electron chi connectivity index (χ1n) is 6.14. The van der Waals surface area contributed by atoms with Gasteiger partial charge in [0.05, 0.1) is 18.4 Å². The highest BCUT2D eigenvalue weighted by atomic mass is 35.5. The van der Waals surface area contributed by atoms with Crippen molar-refractivity contribution in [3.05, 3.63) is 58.1 Å². The Morgan fingerprint density at radius 2 is 2.15 bits per heavy atom. The van der Waals surface area contributed by atoms with E-state index >= 15 is 0 Å². The van der Waals surface area contributed by atoms with E-state index in [1.807, 2.05) is 25.1 Å². The molecular weight excluding hydrogens is 297 g/mol. The van der Waals surface area contributed by atoms with Crippen LogP contribution in [0.1, 0.15) is 35.4 Å². The number of aromatic nitrogens is 2. The molecule has 0 aliphatic rings. The van der Waals surface area contributed by atoms with Crippen molar-refractivity contribution in [2.75, 3.05) is 0 Å². The maximum absolute atomic E-state index is 12.1. The van der Waals surface area contributed by atoms with Gasteiger partial charge in [-0.1, -0.05) is 42.3 Å². The number of nitrogens with zero attached hydrogens (tertiary/aromatic N) is 2. The van der Waals surface area contributed by atoms with Crippen LogP contribution in [0.3, 0.4) is 0 Å². The molecule has 4 nitrogen and oxygen atoms in total. The Bertz CT molecular complexity index is 619. The summed E-state index contributed by atoms with van der Waals surface area (Å²) in [6.45, 7) is 1.98. The fourth-order valence-corrected chi connectivity index (χ4v) is 2.17. The van der Waals surface area contributed by atoms with E-state index in [1.165, 1.54) is 12.4 Å². The minimum atomic E-state index is -0.313. The number of nitrogens with one attached hydrogen (secondary N) is 1. The van der Waals surface area contributed by atoms with E-state index in [-0.39, 0.29) is 22.8 Å². The van der Waals surface area contributed by atoms with Crippen molar-refractivity contribution >= 4 is 29.1 Å². The van der Waals surface area contributed by atoms with Gasteiger partial charge in [0.15, 0.2) is 0 Å². The van der Waals surface area contributed by atoms with E-state index in [1.54, 1.807) is 6.07 Å². The van der Waals surface area contributed by atoms with Gasteiger partial charge in [0, 0.05) is 5.02 Å². The van der Waals surface area contributed by atoms with Crippen LogP contribution in [-0.4, -0.2) is 15.9 Å². The van der Waals surface area contributed by atoms with E-state index in [9.17, 15) is 4.79 Å². The molecule has 1 aromatic heterocycles. The molecule has 0 radical (unpaired) electrons. The van der Waals surface area contributed by atoms with Crippen molar-refractivity contribution in [3.63, 3.8) is 0 Å². The smallest absolute Gasteiger partial charge is 0.272 e. The van der Waals surface area contributed by atoms with E-state index in [4.69, 9.17) is 23.2 Å². The zero-order chi connectivity index (χ0) is 14.5. The highest BCUT2D eigenvalue weighted by molar-refractivity contribution is 6.30. The van der Waals surface area contributed by atoms with Crippen LogP contribution in [0.15, 0.2) is 36.7 Å². The van der Waals surface area contributed by atoms with Crippen molar-refractivity contribution < 1.29 is 4.79 Å². The fourth-order valence-electron chi connectivity index (χ4n) is 1.83. The second-order valence-corrected chi connectivity index (χ2v) is 5.04. The Morgan fingerprint density at radius 3 is 2.80 bits per heavy atom. The highest BCUT2D eigenvalue weighted by Gasteiger charge is 2.15. The Balaban J connectivity index is 2.16. The van der Waals surface area contributed by atoms with Gasteiger partial charge in [0.1, 0.15) is 10.8 Å². The minimum Gasteiger partial charge on any atom is -0.344 e. The van der Waals surface area contributed by atoms with Crippen LogP contribution in [0, 0.1) is 0 Å². The SMILES string of the molecule is CCC(NC(=O)c1cncc(Cl)n1)c1cccc(Cl)c1. The largest absolute Gasteiger partial charge is 0.344 e. The zero-order valence-corrected chi connectivity index (χ0v) is 12.3. The number of rotatable bonds is 4. The molecule has 2 aromatic rings. The number of amides is 1. The Hall–Kier alpha value is -1.65. The molecule has 2 rings (SSSR count). The van der Waals surface area contributed by atoms with Crippen molar-refractivity contribution in [1.29, 1.82) is 0 Å². The highest BCUT2D eigenvalue weighted by Crippen LogP contribution is 2.20. The van der Waals surface area contributed by atoms with E-state index in [0.717, 1.165) is 12.0 Å². The molecule has 1 N–H and O–H groups in total. The van der Waals surface area contributed by atoms with Crippen LogP contribution in [0.25, 0.3) is 0 Å². The number of carbonyl (C=O) groups is 1. The van der Waals surface area contributed by atoms with Gasteiger partial charge in [-0.3, -0.25) is 9.78 Å². The molecule has 0 aliphatic carbocycles. The maximum atomic E-state index is 12.1. The number of hydrogen-bond donors (Lipinski definition) is 1. The Labute approximate surface area is 127 Å². The standard InChI is InChI=1S/C14H13Cl2N3O/c1-2-11(9-4-3-5-10(15)6-9)19-14(20)12-7-17-8-13(16)18-12/h3-8,11H,2H2,1H3,(H,19,20). The molecule has 1 aromatic carbocycles. The van der Waals surface area contributed by atoms with Gasteiger partial charge >= 0.3 is 0 Å².